The van der Waals surface area contributed by atoms with Crippen LogP contribution in [0.4, 0.5) is 0 Å². The molecule has 0 spiro atoms. The van der Waals surface area contributed by atoms with E-state index in [0.717, 1.165) is 46.8 Å². The highest BCUT2D eigenvalue weighted by Gasteiger charge is 2.19. The van der Waals surface area contributed by atoms with E-state index in [2.05, 4.69) is 85.6 Å². The number of aromatic nitrogens is 1. The van der Waals surface area contributed by atoms with Crippen LogP contribution in [-0.2, 0) is 6.42 Å². The van der Waals surface area contributed by atoms with Crippen molar-refractivity contribution in [3.63, 3.8) is 0 Å². The van der Waals surface area contributed by atoms with E-state index < -0.39 is 0 Å². The van der Waals surface area contributed by atoms with E-state index in [9.17, 15) is 0 Å². The van der Waals surface area contributed by atoms with Crippen LogP contribution >= 0.6 is 0 Å². The van der Waals surface area contributed by atoms with Crippen LogP contribution in [0.1, 0.15) is 59.4 Å². The number of allylic oxidation sites excluding steroid dienone is 4. The molecule has 1 aliphatic heterocycles. The highest BCUT2D eigenvalue weighted by atomic mass is 14.9. The zero-order valence-corrected chi connectivity index (χ0v) is 19.9. The summed E-state index contributed by atoms with van der Waals surface area (Å²) >= 11 is 0. The van der Waals surface area contributed by atoms with Gasteiger partial charge in [0.2, 0.25) is 0 Å². The van der Waals surface area contributed by atoms with Crippen molar-refractivity contribution in [3.05, 3.63) is 117 Å². The number of benzene rings is 2. The summed E-state index contributed by atoms with van der Waals surface area (Å²) < 4.78 is 0. The first-order valence-corrected chi connectivity index (χ1v) is 12.0. The normalized spacial score (nSPS) is 18.3. The fraction of sp³-hybridized carbons (Fsp3) is 0.194. The molecule has 34 heavy (non-hydrogen) atoms. The van der Waals surface area contributed by atoms with Gasteiger partial charge in [-0.05, 0) is 107 Å². The first-order valence-electron chi connectivity index (χ1n) is 12.0. The molecule has 3 nitrogen and oxygen atoms in total. The highest BCUT2D eigenvalue weighted by molar-refractivity contribution is 5.92. The van der Waals surface area contributed by atoms with Crippen molar-refractivity contribution in [1.82, 2.24) is 10.3 Å². The number of nitrogens with one attached hydrogen (secondary N) is 1. The fourth-order valence-corrected chi connectivity index (χ4v) is 4.93. The van der Waals surface area contributed by atoms with E-state index >= 15 is 0 Å². The molecular formula is C31H31N3. The standard InChI is InChI=1S/C31H31N3/c1-4-22(23-12-14-27-24(18-23)13-15-29(27)32)17-26-19-25(11-10-20(26)2)28-8-6-16-33-31(28)30-9-5-7-21(3)34-30/h4-7,9-12,14,16-19,29,33H,2,8,13,15,32H2,1,3H3/b22-4+,26-17-. The minimum Gasteiger partial charge on any atom is -0.360 e. The third-order valence-corrected chi connectivity index (χ3v) is 6.83. The van der Waals surface area contributed by atoms with Crippen LogP contribution in [0.2, 0.25) is 0 Å². The van der Waals surface area contributed by atoms with Gasteiger partial charge in [-0.1, -0.05) is 55.1 Å². The SMILES string of the molecule is C=c1ccc(C2=C(c3cccc(C)n3)NC=CC2)c/c1=C/C(=C\C)c1ccc2c(c1)CCC2N. The molecule has 1 aromatic heterocycles. The zero-order valence-electron chi connectivity index (χ0n) is 19.9. The summed E-state index contributed by atoms with van der Waals surface area (Å²) in [6.07, 6.45) is 11.5. The zero-order chi connectivity index (χ0) is 23.7. The second-order valence-corrected chi connectivity index (χ2v) is 9.13. The molecular weight excluding hydrogens is 414 g/mol. The van der Waals surface area contributed by atoms with Gasteiger partial charge in [-0.2, -0.15) is 0 Å². The van der Waals surface area contributed by atoms with E-state index in [-0.39, 0.29) is 6.04 Å². The maximum absolute atomic E-state index is 6.25. The van der Waals surface area contributed by atoms with Crippen LogP contribution in [0.5, 0.6) is 0 Å². The van der Waals surface area contributed by atoms with Crippen molar-refractivity contribution in [2.24, 2.45) is 5.73 Å². The smallest absolute Gasteiger partial charge is 0.0870 e. The summed E-state index contributed by atoms with van der Waals surface area (Å²) in [7, 11) is 0. The molecule has 3 heteroatoms. The van der Waals surface area contributed by atoms with Gasteiger partial charge in [0.15, 0.2) is 0 Å². The predicted molar refractivity (Wildman–Crippen MR) is 144 cm³/mol. The van der Waals surface area contributed by atoms with Gasteiger partial charge in [0, 0.05) is 11.7 Å². The first-order chi connectivity index (χ1) is 16.5. The Balaban J connectivity index is 1.58. The van der Waals surface area contributed by atoms with Gasteiger partial charge in [-0.25, -0.2) is 0 Å². The third kappa shape index (κ3) is 4.27. The molecule has 1 aliphatic carbocycles. The Bertz CT molecular complexity index is 1460. The molecule has 0 radical (unpaired) electrons. The lowest BCUT2D eigenvalue weighted by Gasteiger charge is -2.18. The Morgan fingerprint density at radius 2 is 2.03 bits per heavy atom. The van der Waals surface area contributed by atoms with E-state index in [0.29, 0.717) is 0 Å². The Hall–Kier alpha value is -3.69. The summed E-state index contributed by atoms with van der Waals surface area (Å²) in [5.74, 6) is 0. The van der Waals surface area contributed by atoms with Gasteiger partial charge in [-0.3, -0.25) is 4.98 Å². The van der Waals surface area contributed by atoms with Crippen LogP contribution in [0.25, 0.3) is 29.5 Å². The summed E-state index contributed by atoms with van der Waals surface area (Å²) in [5, 5.41) is 5.58. The van der Waals surface area contributed by atoms with Crippen molar-refractivity contribution in [3.8, 4) is 0 Å². The van der Waals surface area contributed by atoms with E-state index in [1.165, 1.54) is 33.4 Å². The molecule has 2 heterocycles. The number of dihydropyridines is 1. The van der Waals surface area contributed by atoms with Gasteiger partial charge >= 0.3 is 0 Å². The first kappa shape index (κ1) is 22.1. The summed E-state index contributed by atoms with van der Waals surface area (Å²) in [5.41, 5.74) is 16.8. The Labute approximate surface area is 201 Å². The van der Waals surface area contributed by atoms with Crippen LogP contribution in [0.3, 0.4) is 0 Å². The van der Waals surface area contributed by atoms with E-state index in [4.69, 9.17) is 10.7 Å². The van der Waals surface area contributed by atoms with Crippen LogP contribution < -0.4 is 21.5 Å². The molecule has 0 amide bonds. The molecule has 1 atom stereocenters. The Kier molecular flexibility index (Phi) is 6.04. The van der Waals surface area contributed by atoms with Crippen molar-refractivity contribution in [2.45, 2.75) is 39.2 Å². The van der Waals surface area contributed by atoms with Crippen LogP contribution in [0.15, 0.2) is 72.9 Å². The Morgan fingerprint density at radius 3 is 2.85 bits per heavy atom. The van der Waals surface area contributed by atoms with Crippen molar-refractivity contribution in [1.29, 1.82) is 0 Å². The monoisotopic (exact) mass is 445 g/mol. The predicted octanol–water partition coefficient (Wildman–Crippen LogP) is 5.01. The molecule has 170 valence electrons. The molecule has 1 unspecified atom stereocenters. The lowest BCUT2D eigenvalue weighted by molar-refractivity contribution is 0.713. The van der Waals surface area contributed by atoms with Gasteiger partial charge in [0.1, 0.15) is 0 Å². The van der Waals surface area contributed by atoms with Crippen molar-refractivity contribution < 1.29 is 0 Å². The third-order valence-electron chi connectivity index (χ3n) is 6.83. The number of pyridine rings is 1. The number of fused-ring (bicyclic) bond motifs is 1. The second-order valence-electron chi connectivity index (χ2n) is 9.13. The molecule has 0 bridgehead atoms. The van der Waals surface area contributed by atoms with Crippen molar-refractivity contribution in [2.75, 3.05) is 0 Å². The molecule has 2 aliphatic rings. The van der Waals surface area contributed by atoms with E-state index in [1.807, 2.05) is 19.2 Å². The number of hydrogen-bond acceptors (Lipinski definition) is 3. The Morgan fingerprint density at radius 1 is 1.15 bits per heavy atom. The van der Waals surface area contributed by atoms with Crippen LogP contribution in [0, 0.1) is 6.92 Å². The second kappa shape index (κ2) is 9.28. The molecule has 0 saturated heterocycles. The summed E-state index contributed by atoms with van der Waals surface area (Å²) in [4.78, 5) is 4.76. The maximum atomic E-state index is 6.25. The highest BCUT2D eigenvalue weighted by Crippen LogP contribution is 2.32. The molecule has 3 N–H and O–H groups in total. The van der Waals surface area contributed by atoms with Gasteiger partial charge in [0.05, 0.1) is 11.4 Å². The molecule has 3 aromatic rings. The lowest BCUT2D eigenvalue weighted by atomic mass is 9.94. The average Bonchev–Trinajstić information content (AvgIpc) is 3.23. The molecule has 2 aromatic carbocycles. The molecule has 0 fully saturated rings. The topological polar surface area (TPSA) is 50.9 Å². The number of hydrogen-bond donors (Lipinski definition) is 2. The van der Waals surface area contributed by atoms with Gasteiger partial charge < -0.3 is 11.1 Å². The lowest BCUT2D eigenvalue weighted by Crippen LogP contribution is -2.24. The number of nitrogens with zero attached hydrogens (tertiary/aromatic N) is 1. The molecule has 5 rings (SSSR count). The number of rotatable bonds is 4. The van der Waals surface area contributed by atoms with Crippen molar-refractivity contribution >= 4 is 29.5 Å². The fourth-order valence-electron chi connectivity index (χ4n) is 4.93. The quantitative estimate of drug-likeness (QED) is 0.594. The van der Waals surface area contributed by atoms with Gasteiger partial charge in [-0.15, -0.1) is 0 Å². The van der Waals surface area contributed by atoms with Crippen LogP contribution in [-0.4, -0.2) is 4.98 Å². The number of nitrogens with two attached hydrogens (primary N) is 1. The summed E-state index contributed by atoms with van der Waals surface area (Å²) in [6.45, 7) is 8.43. The molecule has 0 saturated carbocycles. The average molecular weight is 446 g/mol. The minimum absolute atomic E-state index is 0.175. The number of aryl methyl sites for hydroxylation is 2. The van der Waals surface area contributed by atoms with Gasteiger partial charge in [0.25, 0.3) is 0 Å². The largest absolute Gasteiger partial charge is 0.360 e. The summed E-state index contributed by atoms with van der Waals surface area (Å²) in [6, 6.07) is 19.6. The van der Waals surface area contributed by atoms with E-state index in [1.54, 1.807) is 0 Å². The maximum Gasteiger partial charge on any atom is 0.0870 e. The minimum atomic E-state index is 0.175.